The largest absolute Gasteiger partial charge is 0.497 e. The van der Waals surface area contributed by atoms with Crippen LogP contribution in [0.2, 0.25) is 0 Å². The van der Waals surface area contributed by atoms with Crippen molar-refractivity contribution in [3.63, 3.8) is 0 Å². The van der Waals surface area contributed by atoms with E-state index in [2.05, 4.69) is 18.8 Å². The summed E-state index contributed by atoms with van der Waals surface area (Å²) in [6.07, 6.45) is 1.96. The second-order valence-corrected chi connectivity index (χ2v) is 9.75. The molecule has 2 aromatic heterocycles. The Labute approximate surface area is 225 Å². The predicted octanol–water partition coefficient (Wildman–Crippen LogP) is 4.61. The van der Waals surface area contributed by atoms with Crippen molar-refractivity contribution >= 4 is 16.9 Å². The number of hydrogen-bond donors (Lipinski definition) is 0. The van der Waals surface area contributed by atoms with Crippen LogP contribution in [0.5, 0.6) is 5.75 Å². The topological polar surface area (TPSA) is 88.1 Å². The summed E-state index contributed by atoms with van der Waals surface area (Å²) in [5, 5.41) is 0. The highest BCUT2D eigenvalue weighted by Crippen LogP contribution is 2.19. The number of aryl methyl sites for hydroxylation is 1. The van der Waals surface area contributed by atoms with E-state index in [-0.39, 0.29) is 30.0 Å². The van der Waals surface area contributed by atoms with Crippen molar-refractivity contribution in [2.45, 2.75) is 39.3 Å². The van der Waals surface area contributed by atoms with Gasteiger partial charge in [-0.25, -0.2) is 14.3 Å². The first-order valence-corrected chi connectivity index (χ1v) is 12.9. The van der Waals surface area contributed by atoms with Gasteiger partial charge >= 0.3 is 5.69 Å². The normalized spacial score (nSPS) is 11.3. The van der Waals surface area contributed by atoms with Crippen molar-refractivity contribution in [2.75, 3.05) is 7.11 Å². The number of imidazole rings is 1. The number of carbonyl (C=O) groups excluding carboxylic acids is 1. The van der Waals surface area contributed by atoms with Gasteiger partial charge in [0, 0.05) is 12.1 Å². The minimum Gasteiger partial charge on any atom is -0.497 e. The van der Waals surface area contributed by atoms with Gasteiger partial charge in [0.15, 0.2) is 16.9 Å². The number of carbonyl (C=O) groups is 1. The van der Waals surface area contributed by atoms with E-state index in [0.29, 0.717) is 29.3 Å². The summed E-state index contributed by atoms with van der Waals surface area (Å²) in [4.78, 5) is 45.1. The molecule has 3 aromatic carbocycles. The minimum atomic E-state index is -0.471. The van der Waals surface area contributed by atoms with Crippen LogP contribution in [0, 0.1) is 0 Å². The zero-order chi connectivity index (χ0) is 27.5. The first-order chi connectivity index (χ1) is 18.9. The van der Waals surface area contributed by atoms with E-state index in [1.165, 1.54) is 20.0 Å². The van der Waals surface area contributed by atoms with E-state index in [0.717, 1.165) is 11.1 Å². The fourth-order valence-electron chi connectivity index (χ4n) is 4.65. The molecule has 0 amide bonds. The maximum absolute atomic E-state index is 13.8. The summed E-state index contributed by atoms with van der Waals surface area (Å²) < 4.78 is 9.41. The zero-order valence-corrected chi connectivity index (χ0v) is 22.2. The smallest absolute Gasteiger partial charge is 0.337 e. The molecule has 2 heterocycles. The predicted molar refractivity (Wildman–Crippen MR) is 151 cm³/mol. The second-order valence-electron chi connectivity index (χ2n) is 9.75. The molecule has 0 N–H and O–H groups in total. The lowest BCUT2D eigenvalue weighted by Gasteiger charge is -2.14. The average Bonchev–Trinajstić information content (AvgIpc) is 3.37. The number of methoxy groups -OCH3 is 1. The molecule has 0 fully saturated rings. The monoisotopic (exact) mass is 522 g/mol. The molecule has 0 aliphatic carbocycles. The molecule has 0 aliphatic rings. The number of Topliss-reactive ketones (excluding diaryl/α,β-unsaturated/α-hetero) is 1. The first kappa shape index (κ1) is 25.9. The summed E-state index contributed by atoms with van der Waals surface area (Å²) in [7, 11) is 1.56. The van der Waals surface area contributed by atoms with Crippen LogP contribution in [0.3, 0.4) is 0 Å². The van der Waals surface area contributed by atoms with Gasteiger partial charge in [-0.1, -0.05) is 56.3 Å². The van der Waals surface area contributed by atoms with Gasteiger partial charge in [-0.05, 0) is 59.9 Å². The molecule has 8 nitrogen and oxygen atoms in total. The molecular formula is C31H30N4O4. The van der Waals surface area contributed by atoms with Gasteiger partial charge in [0.05, 0.1) is 25.7 Å². The zero-order valence-electron chi connectivity index (χ0n) is 22.2. The van der Waals surface area contributed by atoms with Crippen molar-refractivity contribution < 1.29 is 9.53 Å². The summed E-state index contributed by atoms with van der Waals surface area (Å²) in [5.74, 6) is 0.790. The molecule has 0 unspecified atom stereocenters. The summed E-state index contributed by atoms with van der Waals surface area (Å²) in [6.45, 7) is 4.30. The van der Waals surface area contributed by atoms with Gasteiger partial charge in [0.25, 0.3) is 5.56 Å². The Bertz CT molecular complexity index is 1730. The molecule has 0 bridgehead atoms. The summed E-state index contributed by atoms with van der Waals surface area (Å²) >= 11 is 0. The van der Waals surface area contributed by atoms with Crippen LogP contribution in [0.1, 0.15) is 41.3 Å². The highest BCUT2D eigenvalue weighted by Gasteiger charge is 2.21. The lowest BCUT2D eigenvalue weighted by molar-refractivity contribution is 0.0973. The van der Waals surface area contributed by atoms with E-state index in [1.54, 1.807) is 31.4 Å². The number of fused-ring (bicyclic) bond motifs is 1. The highest BCUT2D eigenvalue weighted by molar-refractivity contribution is 5.96. The van der Waals surface area contributed by atoms with E-state index in [1.807, 2.05) is 54.6 Å². The molecule has 0 saturated heterocycles. The minimum absolute atomic E-state index is 0.0960. The molecular weight excluding hydrogens is 492 g/mol. The van der Waals surface area contributed by atoms with Crippen molar-refractivity contribution in [2.24, 2.45) is 0 Å². The Kier molecular flexibility index (Phi) is 7.27. The van der Waals surface area contributed by atoms with Crippen molar-refractivity contribution in [3.8, 4) is 11.4 Å². The van der Waals surface area contributed by atoms with Crippen molar-refractivity contribution in [3.05, 3.63) is 123 Å². The highest BCUT2D eigenvalue weighted by atomic mass is 16.5. The van der Waals surface area contributed by atoms with Crippen LogP contribution in [0.25, 0.3) is 16.9 Å². The second kappa shape index (κ2) is 10.9. The Balaban J connectivity index is 1.62. The molecule has 8 heteroatoms. The SMILES string of the molecule is COc1ccc(C(=O)Cn2cnc3c2c(=O)n(CCc2ccccc2)c(=O)n3-c2ccc(C(C)C)cc2)cc1. The van der Waals surface area contributed by atoms with E-state index in [4.69, 9.17) is 4.74 Å². The molecule has 5 rings (SSSR count). The van der Waals surface area contributed by atoms with Crippen LogP contribution in [0.4, 0.5) is 0 Å². The number of ether oxygens (including phenoxy) is 1. The Morgan fingerprint density at radius 3 is 2.26 bits per heavy atom. The number of rotatable bonds is 9. The lowest BCUT2D eigenvalue weighted by Crippen LogP contribution is -2.40. The first-order valence-electron chi connectivity index (χ1n) is 12.9. The van der Waals surface area contributed by atoms with Crippen LogP contribution in [-0.2, 0) is 19.5 Å². The maximum Gasteiger partial charge on any atom is 0.337 e. The summed E-state index contributed by atoms with van der Waals surface area (Å²) in [6, 6.07) is 24.2. The van der Waals surface area contributed by atoms with Gasteiger partial charge in [0.1, 0.15) is 5.75 Å². The maximum atomic E-state index is 13.8. The fourth-order valence-corrected chi connectivity index (χ4v) is 4.65. The third-order valence-corrected chi connectivity index (χ3v) is 6.91. The van der Waals surface area contributed by atoms with Gasteiger partial charge in [-0.15, -0.1) is 0 Å². The Morgan fingerprint density at radius 2 is 1.62 bits per heavy atom. The molecule has 0 aliphatic heterocycles. The van der Waals surface area contributed by atoms with Gasteiger partial charge in [0.2, 0.25) is 0 Å². The Morgan fingerprint density at radius 1 is 0.923 bits per heavy atom. The molecule has 5 aromatic rings. The van der Waals surface area contributed by atoms with E-state index < -0.39 is 11.2 Å². The number of ketones is 1. The fraction of sp³-hybridized carbons (Fsp3) is 0.226. The van der Waals surface area contributed by atoms with Gasteiger partial charge < -0.3 is 9.30 Å². The quantitative estimate of drug-likeness (QED) is 0.264. The van der Waals surface area contributed by atoms with Crippen LogP contribution in [-0.4, -0.2) is 31.6 Å². The van der Waals surface area contributed by atoms with Crippen molar-refractivity contribution in [1.82, 2.24) is 18.7 Å². The third kappa shape index (κ3) is 5.18. The van der Waals surface area contributed by atoms with E-state index >= 15 is 0 Å². The molecule has 0 atom stereocenters. The molecule has 0 radical (unpaired) electrons. The number of nitrogens with zero attached hydrogens (tertiary/aromatic N) is 4. The van der Waals surface area contributed by atoms with Crippen LogP contribution in [0.15, 0.2) is 94.8 Å². The average molecular weight is 523 g/mol. The molecule has 39 heavy (non-hydrogen) atoms. The van der Waals surface area contributed by atoms with E-state index in [9.17, 15) is 14.4 Å². The van der Waals surface area contributed by atoms with Crippen LogP contribution < -0.4 is 16.0 Å². The molecule has 198 valence electrons. The molecule has 0 spiro atoms. The third-order valence-electron chi connectivity index (χ3n) is 6.91. The number of benzene rings is 3. The number of aromatic nitrogens is 4. The van der Waals surface area contributed by atoms with Gasteiger partial charge in [-0.3, -0.25) is 14.2 Å². The summed E-state index contributed by atoms with van der Waals surface area (Å²) in [5.41, 5.74) is 2.73. The molecule has 0 saturated carbocycles. The standard InChI is InChI=1S/C31H30N4O4/c1-21(2)23-9-13-25(14-10-23)35-29-28(30(37)34(31(35)38)18-17-22-7-5-4-6-8-22)33(20-32-29)19-27(36)24-11-15-26(39-3)16-12-24/h4-16,20-21H,17-19H2,1-3H3. The van der Waals surface area contributed by atoms with Crippen LogP contribution >= 0.6 is 0 Å². The van der Waals surface area contributed by atoms with Gasteiger partial charge in [-0.2, -0.15) is 0 Å². The van der Waals surface area contributed by atoms with Crippen molar-refractivity contribution in [1.29, 1.82) is 0 Å². The number of hydrogen-bond acceptors (Lipinski definition) is 5. The lowest BCUT2D eigenvalue weighted by atomic mass is 10.0. The Hall–Kier alpha value is -4.72.